The van der Waals surface area contributed by atoms with Gasteiger partial charge in [-0.25, -0.2) is 0 Å². The Balaban J connectivity index is 2.49. The molecule has 0 saturated carbocycles. The van der Waals surface area contributed by atoms with Crippen molar-refractivity contribution in [1.82, 2.24) is 9.78 Å². The Morgan fingerprint density at radius 1 is 1.70 bits per heavy atom. The molecule has 0 bridgehead atoms. The number of hydrogen-bond donors (Lipinski definition) is 1. The fourth-order valence-corrected chi connectivity index (χ4v) is 0.995. The summed E-state index contributed by atoms with van der Waals surface area (Å²) in [6.45, 7) is 3.05. The zero-order valence-electron chi connectivity index (χ0n) is 6.12. The maximum absolute atomic E-state index is 4.14. The van der Waals surface area contributed by atoms with Gasteiger partial charge in [0.15, 0.2) is 0 Å². The van der Waals surface area contributed by atoms with Gasteiger partial charge in [-0.3, -0.25) is 4.68 Å². The van der Waals surface area contributed by atoms with Crippen molar-refractivity contribution in [2.75, 3.05) is 5.75 Å². The van der Waals surface area contributed by atoms with Gasteiger partial charge >= 0.3 is 0 Å². The monoisotopic (exact) mass is 156 g/mol. The van der Waals surface area contributed by atoms with Crippen LogP contribution in [0.3, 0.4) is 0 Å². The Hall–Kier alpha value is -0.440. The highest BCUT2D eigenvalue weighted by Gasteiger charge is 1.93. The minimum atomic E-state index is 0.930. The summed E-state index contributed by atoms with van der Waals surface area (Å²) in [5, 5.41) is 4.14. The van der Waals surface area contributed by atoms with E-state index < -0.39 is 0 Å². The minimum absolute atomic E-state index is 0.930. The van der Waals surface area contributed by atoms with Gasteiger partial charge < -0.3 is 0 Å². The van der Waals surface area contributed by atoms with E-state index in [0.29, 0.717) is 0 Å². The van der Waals surface area contributed by atoms with Crippen LogP contribution >= 0.6 is 12.6 Å². The average Bonchev–Trinajstić information content (AvgIpc) is 2.31. The van der Waals surface area contributed by atoms with Crippen molar-refractivity contribution in [3.05, 3.63) is 18.0 Å². The molecule has 0 aromatic carbocycles. The van der Waals surface area contributed by atoms with E-state index in [1.165, 1.54) is 5.69 Å². The minimum Gasteiger partial charge on any atom is -0.270 e. The first-order valence-corrected chi connectivity index (χ1v) is 4.07. The maximum Gasteiger partial charge on any atom is 0.0492 e. The van der Waals surface area contributed by atoms with Crippen LogP contribution in [0.25, 0.3) is 0 Å². The second-order valence-electron chi connectivity index (χ2n) is 2.27. The molecule has 0 aliphatic rings. The molecule has 2 nitrogen and oxygen atoms in total. The SMILES string of the molecule is Cc1ccnn1CCCS. The van der Waals surface area contributed by atoms with Gasteiger partial charge in [-0.15, -0.1) is 0 Å². The second kappa shape index (κ2) is 3.66. The molecule has 1 heterocycles. The van der Waals surface area contributed by atoms with Gasteiger partial charge in [0, 0.05) is 18.4 Å². The third-order valence-electron chi connectivity index (χ3n) is 1.46. The lowest BCUT2D eigenvalue weighted by molar-refractivity contribution is 0.591. The van der Waals surface area contributed by atoms with E-state index in [0.717, 1.165) is 18.7 Å². The highest BCUT2D eigenvalue weighted by atomic mass is 32.1. The van der Waals surface area contributed by atoms with Crippen LogP contribution in [0.5, 0.6) is 0 Å². The van der Waals surface area contributed by atoms with E-state index in [4.69, 9.17) is 0 Å². The number of rotatable bonds is 3. The van der Waals surface area contributed by atoms with Crippen molar-refractivity contribution in [3.63, 3.8) is 0 Å². The number of aryl methyl sites for hydroxylation is 2. The van der Waals surface area contributed by atoms with Crippen molar-refractivity contribution < 1.29 is 0 Å². The normalized spacial score (nSPS) is 10.2. The highest BCUT2D eigenvalue weighted by molar-refractivity contribution is 7.80. The van der Waals surface area contributed by atoms with E-state index >= 15 is 0 Å². The lowest BCUT2D eigenvalue weighted by atomic mass is 10.4. The predicted molar refractivity (Wildman–Crippen MR) is 45.4 cm³/mol. The molecule has 0 fully saturated rings. The summed E-state index contributed by atoms with van der Waals surface area (Å²) in [4.78, 5) is 0. The van der Waals surface area contributed by atoms with Crippen LogP contribution in [0, 0.1) is 6.92 Å². The molecule has 0 N–H and O–H groups in total. The fourth-order valence-electron chi connectivity index (χ4n) is 0.853. The third-order valence-corrected chi connectivity index (χ3v) is 1.77. The van der Waals surface area contributed by atoms with Gasteiger partial charge in [0.05, 0.1) is 0 Å². The van der Waals surface area contributed by atoms with Gasteiger partial charge in [0.1, 0.15) is 0 Å². The highest BCUT2D eigenvalue weighted by Crippen LogP contribution is 1.97. The largest absolute Gasteiger partial charge is 0.270 e. The Labute approximate surface area is 66.7 Å². The molecule has 0 amide bonds. The Bertz CT molecular complexity index is 195. The zero-order chi connectivity index (χ0) is 7.40. The number of hydrogen-bond acceptors (Lipinski definition) is 2. The first-order chi connectivity index (χ1) is 4.84. The maximum atomic E-state index is 4.14. The topological polar surface area (TPSA) is 17.8 Å². The molecule has 1 rings (SSSR count). The standard InChI is InChI=1S/C7H12N2S/c1-7-3-4-8-9(7)5-2-6-10/h3-4,10H,2,5-6H2,1H3. The van der Waals surface area contributed by atoms with Crippen molar-refractivity contribution in [3.8, 4) is 0 Å². The molecule has 3 heteroatoms. The summed E-state index contributed by atoms with van der Waals surface area (Å²) in [6.07, 6.45) is 2.92. The average molecular weight is 156 g/mol. The van der Waals surface area contributed by atoms with Gasteiger partial charge in [-0.1, -0.05) is 0 Å². The molecule has 0 spiro atoms. The van der Waals surface area contributed by atoms with Crippen LogP contribution in [-0.2, 0) is 6.54 Å². The summed E-state index contributed by atoms with van der Waals surface area (Å²) in [7, 11) is 0. The summed E-state index contributed by atoms with van der Waals surface area (Å²) in [5.74, 6) is 0.930. The quantitative estimate of drug-likeness (QED) is 0.657. The summed E-state index contributed by atoms with van der Waals surface area (Å²) in [5.41, 5.74) is 1.22. The lowest BCUT2D eigenvalue weighted by Crippen LogP contribution is -2.02. The summed E-state index contributed by atoms with van der Waals surface area (Å²) in [6, 6.07) is 2.01. The molecular weight excluding hydrogens is 144 g/mol. The summed E-state index contributed by atoms with van der Waals surface area (Å²) >= 11 is 4.12. The van der Waals surface area contributed by atoms with Gasteiger partial charge in [-0.2, -0.15) is 17.7 Å². The van der Waals surface area contributed by atoms with E-state index in [1.807, 2.05) is 16.9 Å². The van der Waals surface area contributed by atoms with E-state index in [-0.39, 0.29) is 0 Å². The van der Waals surface area contributed by atoms with E-state index in [1.54, 1.807) is 0 Å². The Kier molecular flexibility index (Phi) is 2.81. The van der Waals surface area contributed by atoms with Crippen LogP contribution in [0.15, 0.2) is 12.3 Å². The molecule has 0 saturated heterocycles. The molecule has 0 aliphatic carbocycles. The number of nitrogens with zero attached hydrogens (tertiary/aromatic N) is 2. The van der Waals surface area contributed by atoms with Crippen LogP contribution in [-0.4, -0.2) is 15.5 Å². The summed E-state index contributed by atoms with van der Waals surface area (Å²) < 4.78 is 2.00. The van der Waals surface area contributed by atoms with Crippen molar-refractivity contribution in [2.24, 2.45) is 0 Å². The van der Waals surface area contributed by atoms with Crippen LogP contribution in [0.4, 0.5) is 0 Å². The number of aromatic nitrogens is 2. The van der Waals surface area contributed by atoms with Crippen molar-refractivity contribution in [1.29, 1.82) is 0 Å². The van der Waals surface area contributed by atoms with Crippen LogP contribution in [0.1, 0.15) is 12.1 Å². The zero-order valence-corrected chi connectivity index (χ0v) is 7.01. The molecule has 1 aromatic rings. The molecule has 1 aromatic heterocycles. The van der Waals surface area contributed by atoms with Crippen LogP contribution < -0.4 is 0 Å². The van der Waals surface area contributed by atoms with Gasteiger partial charge in [0.2, 0.25) is 0 Å². The van der Waals surface area contributed by atoms with Gasteiger partial charge in [-0.05, 0) is 25.2 Å². The molecular formula is C7H12N2S. The van der Waals surface area contributed by atoms with Crippen LogP contribution in [0.2, 0.25) is 0 Å². The fraction of sp³-hybridized carbons (Fsp3) is 0.571. The predicted octanol–water partition coefficient (Wildman–Crippen LogP) is 1.51. The van der Waals surface area contributed by atoms with Crippen molar-refractivity contribution in [2.45, 2.75) is 19.9 Å². The third kappa shape index (κ3) is 1.77. The molecule has 10 heavy (non-hydrogen) atoms. The molecule has 0 radical (unpaired) electrons. The second-order valence-corrected chi connectivity index (χ2v) is 2.72. The van der Waals surface area contributed by atoms with E-state index in [9.17, 15) is 0 Å². The Morgan fingerprint density at radius 3 is 3.00 bits per heavy atom. The first kappa shape index (κ1) is 7.66. The van der Waals surface area contributed by atoms with Gasteiger partial charge in [0.25, 0.3) is 0 Å². The smallest absolute Gasteiger partial charge is 0.0492 e. The lowest BCUT2D eigenvalue weighted by Gasteiger charge is -2.00. The molecule has 0 unspecified atom stereocenters. The molecule has 0 atom stereocenters. The Morgan fingerprint density at radius 2 is 2.50 bits per heavy atom. The van der Waals surface area contributed by atoms with E-state index in [2.05, 4.69) is 24.7 Å². The number of thiol groups is 1. The van der Waals surface area contributed by atoms with Crippen molar-refractivity contribution >= 4 is 12.6 Å². The first-order valence-electron chi connectivity index (χ1n) is 3.44. The molecule has 0 aliphatic heterocycles. The molecule has 56 valence electrons.